The quantitative estimate of drug-likeness (QED) is 0.378. The van der Waals surface area contributed by atoms with Gasteiger partial charge in [0.1, 0.15) is 0 Å². The van der Waals surface area contributed by atoms with Crippen molar-refractivity contribution >= 4 is 0 Å². The van der Waals surface area contributed by atoms with Crippen molar-refractivity contribution in [2.24, 2.45) is 0 Å². The summed E-state index contributed by atoms with van der Waals surface area (Å²) in [7, 11) is 4.46. The van der Waals surface area contributed by atoms with Crippen LogP contribution >= 0.6 is 0 Å². The van der Waals surface area contributed by atoms with Gasteiger partial charge in [0.05, 0.1) is 0 Å². The van der Waals surface area contributed by atoms with Gasteiger partial charge < -0.3 is 9.80 Å². The number of aryl methyl sites for hydroxylation is 2. The molecule has 0 saturated carbocycles. The predicted octanol–water partition coefficient (Wildman–Crippen LogP) is 5.82. The van der Waals surface area contributed by atoms with Crippen molar-refractivity contribution < 1.29 is 0 Å². The molecule has 0 bridgehead atoms. The SMILES string of the molecule is CN(CCCc1ccccc1)Cc1cccc(CN(C)CCCc2ccccc2)c1. The van der Waals surface area contributed by atoms with Crippen molar-refractivity contribution in [1.29, 1.82) is 0 Å². The maximum Gasteiger partial charge on any atom is 0.0230 e. The van der Waals surface area contributed by atoms with Crippen LogP contribution in [0.15, 0.2) is 84.9 Å². The van der Waals surface area contributed by atoms with E-state index in [0.29, 0.717) is 0 Å². The lowest BCUT2D eigenvalue weighted by molar-refractivity contribution is 0.317. The molecule has 3 aromatic carbocycles. The molecule has 0 heterocycles. The van der Waals surface area contributed by atoms with Gasteiger partial charge in [0, 0.05) is 13.1 Å². The normalized spacial score (nSPS) is 11.3. The molecular formula is C28H36N2. The highest BCUT2D eigenvalue weighted by atomic mass is 15.1. The molecule has 30 heavy (non-hydrogen) atoms. The summed E-state index contributed by atoms with van der Waals surface area (Å²) >= 11 is 0. The highest BCUT2D eigenvalue weighted by Gasteiger charge is 2.05. The summed E-state index contributed by atoms with van der Waals surface area (Å²) in [5.74, 6) is 0. The van der Waals surface area contributed by atoms with Crippen LogP contribution in [0.3, 0.4) is 0 Å². The maximum absolute atomic E-state index is 2.44. The van der Waals surface area contributed by atoms with Gasteiger partial charge >= 0.3 is 0 Å². The fourth-order valence-electron chi connectivity index (χ4n) is 4.00. The molecule has 0 aromatic heterocycles. The van der Waals surface area contributed by atoms with Gasteiger partial charge in [-0.15, -0.1) is 0 Å². The zero-order valence-electron chi connectivity index (χ0n) is 18.6. The van der Waals surface area contributed by atoms with Gasteiger partial charge in [-0.05, 0) is 75.1 Å². The third kappa shape index (κ3) is 8.14. The molecule has 0 aliphatic carbocycles. The van der Waals surface area contributed by atoms with Crippen LogP contribution in [0.4, 0.5) is 0 Å². The van der Waals surface area contributed by atoms with Crippen LogP contribution < -0.4 is 0 Å². The molecular weight excluding hydrogens is 364 g/mol. The van der Waals surface area contributed by atoms with Crippen LogP contribution in [-0.4, -0.2) is 37.0 Å². The van der Waals surface area contributed by atoms with E-state index in [9.17, 15) is 0 Å². The number of hydrogen-bond donors (Lipinski definition) is 0. The molecule has 0 fully saturated rings. The largest absolute Gasteiger partial charge is 0.302 e. The Kier molecular flexibility index (Phi) is 9.14. The van der Waals surface area contributed by atoms with Crippen molar-refractivity contribution in [3.63, 3.8) is 0 Å². The zero-order chi connectivity index (χ0) is 21.0. The second kappa shape index (κ2) is 12.3. The first-order valence-electron chi connectivity index (χ1n) is 11.2. The molecule has 3 rings (SSSR count). The molecule has 0 N–H and O–H groups in total. The van der Waals surface area contributed by atoms with Crippen molar-refractivity contribution in [2.45, 2.75) is 38.8 Å². The lowest BCUT2D eigenvalue weighted by atomic mass is 10.1. The standard InChI is InChI=1S/C28H36N2/c1-29(20-10-18-25-12-5-3-6-13-25)23-27-16-9-17-28(22-27)24-30(2)21-11-19-26-14-7-4-8-15-26/h3-9,12-17,22H,10-11,18-21,23-24H2,1-2H3. The molecule has 158 valence electrons. The first kappa shape index (κ1) is 22.3. The summed E-state index contributed by atoms with van der Waals surface area (Å²) in [6, 6.07) is 30.7. The molecule has 3 aromatic rings. The average molecular weight is 401 g/mol. The van der Waals surface area contributed by atoms with E-state index in [1.165, 1.54) is 35.1 Å². The summed E-state index contributed by atoms with van der Waals surface area (Å²) in [5.41, 5.74) is 5.69. The molecule has 2 nitrogen and oxygen atoms in total. The van der Waals surface area contributed by atoms with E-state index in [4.69, 9.17) is 0 Å². The Morgan fingerprint density at radius 1 is 0.500 bits per heavy atom. The van der Waals surface area contributed by atoms with E-state index in [-0.39, 0.29) is 0 Å². The highest BCUT2D eigenvalue weighted by Crippen LogP contribution is 2.12. The number of hydrogen-bond acceptors (Lipinski definition) is 2. The first-order valence-corrected chi connectivity index (χ1v) is 11.2. The molecule has 0 saturated heterocycles. The molecule has 0 aliphatic heterocycles. The van der Waals surface area contributed by atoms with Crippen LogP contribution in [0.1, 0.15) is 35.1 Å². The van der Waals surface area contributed by atoms with E-state index >= 15 is 0 Å². The lowest BCUT2D eigenvalue weighted by Crippen LogP contribution is -2.21. The minimum atomic E-state index is 1.01. The maximum atomic E-state index is 2.44. The van der Waals surface area contributed by atoms with Crippen molar-refractivity contribution in [3.05, 3.63) is 107 Å². The topological polar surface area (TPSA) is 6.48 Å². The smallest absolute Gasteiger partial charge is 0.0230 e. The fourth-order valence-corrected chi connectivity index (χ4v) is 4.00. The monoisotopic (exact) mass is 400 g/mol. The van der Waals surface area contributed by atoms with E-state index in [1.807, 2.05) is 0 Å². The van der Waals surface area contributed by atoms with Crippen molar-refractivity contribution in [2.75, 3.05) is 27.2 Å². The van der Waals surface area contributed by atoms with Crippen LogP contribution in [0.2, 0.25) is 0 Å². The van der Waals surface area contributed by atoms with Crippen molar-refractivity contribution in [1.82, 2.24) is 9.80 Å². The second-order valence-electron chi connectivity index (χ2n) is 8.47. The van der Waals surface area contributed by atoms with Gasteiger partial charge in [-0.3, -0.25) is 0 Å². The van der Waals surface area contributed by atoms with Gasteiger partial charge in [0.2, 0.25) is 0 Å². The van der Waals surface area contributed by atoms with Gasteiger partial charge in [-0.2, -0.15) is 0 Å². The molecule has 0 spiro atoms. The Morgan fingerprint density at radius 2 is 0.900 bits per heavy atom. The molecule has 0 radical (unpaired) electrons. The van der Waals surface area contributed by atoms with Crippen LogP contribution in [0, 0.1) is 0 Å². The Hall–Kier alpha value is -2.42. The van der Waals surface area contributed by atoms with Gasteiger partial charge in [-0.25, -0.2) is 0 Å². The Morgan fingerprint density at radius 3 is 1.33 bits per heavy atom. The van der Waals surface area contributed by atoms with Crippen LogP contribution in [-0.2, 0) is 25.9 Å². The van der Waals surface area contributed by atoms with Crippen LogP contribution in [0.5, 0.6) is 0 Å². The summed E-state index contributed by atoms with van der Waals surface area (Å²) in [5, 5.41) is 0. The summed E-state index contributed by atoms with van der Waals surface area (Å²) in [6.07, 6.45) is 4.70. The summed E-state index contributed by atoms with van der Waals surface area (Å²) in [6.45, 7) is 4.28. The number of benzene rings is 3. The van der Waals surface area contributed by atoms with Crippen molar-refractivity contribution in [3.8, 4) is 0 Å². The van der Waals surface area contributed by atoms with E-state index < -0.39 is 0 Å². The molecule has 2 heteroatoms. The minimum Gasteiger partial charge on any atom is -0.302 e. The summed E-state index contributed by atoms with van der Waals surface area (Å²) in [4.78, 5) is 4.87. The Labute approximate surface area is 183 Å². The molecule has 0 atom stereocenters. The fraction of sp³-hybridized carbons (Fsp3) is 0.357. The molecule has 0 aliphatic rings. The zero-order valence-corrected chi connectivity index (χ0v) is 18.6. The van der Waals surface area contributed by atoms with E-state index in [2.05, 4.69) is 109 Å². The number of rotatable bonds is 12. The van der Waals surface area contributed by atoms with Gasteiger partial charge in [-0.1, -0.05) is 84.9 Å². The molecule has 0 amide bonds. The Bertz CT molecular complexity index is 776. The Balaban J connectivity index is 1.38. The second-order valence-corrected chi connectivity index (χ2v) is 8.47. The number of nitrogens with zero attached hydrogens (tertiary/aromatic N) is 2. The van der Waals surface area contributed by atoms with Gasteiger partial charge in [0.25, 0.3) is 0 Å². The van der Waals surface area contributed by atoms with E-state index in [1.54, 1.807) is 0 Å². The van der Waals surface area contributed by atoms with Gasteiger partial charge in [0.15, 0.2) is 0 Å². The third-order valence-corrected chi connectivity index (χ3v) is 5.59. The first-order chi connectivity index (χ1) is 14.7. The minimum absolute atomic E-state index is 1.01. The van der Waals surface area contributed by atoms with Crippen LogP contribution in [0.25, 0.3) is 0 Å². The lowest BCUT2D eigenvalue weighted by Gasteiger charge is -2.19. The average Bonchev–Trinajstić information content (AvgIpc) is 2.75. The highest BCUT2D eigenvalue weighted by molar-refractivity contribution is 5.23. The molecule has 0 unspecified atom stereocenters. The third-order valence-electron chi connectivity index (χ3n) is 5.59. The predicted molar refractivity (Wildman–Crippen MR) is 129 cm³/mol. The summed E-state index contributed by atoms with van der Waals surface area (Å²) < 4.78 is 0. The van der Waals surface area contributed by atoms with E-state index in [0.717, 1.165) is 39.0 Å².